The average molecular weight is 386 g/mol. The van der Waals surface area contributed by atoms with Gasteiger partial charge in [-0.15, -0.1) is 0 Å². The molecule has 0 aliphatic rings. The monoisotopic (exact) mass is 386 g/mol. The highest BCUT2D eigenvalue weighted by Crippen LogP contribution is 2.36. The third-order valence-corrected chi connectivity index (χ3v) is 5.41. The number of sulfonamides is 1. The minimum atomic E-state index is -3.92. The first-order valence-corrected chi connectivity index (χ1v) is 9.89. The van der Waals surface area contributed by atoms with E-state index < -0.39 is 10.0 Å². The number of anilines is 1. The second kappa shape index (κ2) is 6.70. The Hall–Kier alpha value is -2.87. The molecule has 27 heavy (non-hydrogen) atoms. The molecule has 0 unspecified atom stereocenters. The predicted molar refractivity (Wildman–Crippen MR) is 104 cm³/mol. The number of pyridine rings is 1. The lowest BCUT2D eigenvalue weighted by Gasteiger charge is -2.22. The van der Waals surface area contributed by atoms with Gasteiger partial charge in [0.1, 0.15) is 10.6 Å². The number of benzene rings is 1. The summed E-state index contributed by atoms with van der Waals surface area (Å²) in [5, 5.41) is 14.6. The molecule has 0 aliphatic carbocycles. The Morgan fingerprint density at radius 2 is 1.93 bits per heavy atom. The smallest absolute Gasteiger partial charge is 0.265 e. The molecule has 7 nitrogen and oxygen atoms in total. The van der Waals surface area contributed by atoms with Crippen molar-refractivity contribution in [2.75, 3.05) is 4.72 Å². The van der Waals surface area contributed by atoms with Gasteiger partial charge in [0.2, 0.25) is 0 Å². The van der Waals surface area contributed by atoms with Crippen molar-refractivity contribution < 1.29 is 13.5 Å². The summed E-state index contributed by atoms with van der Waals surface area (Å²) in [6.07, 6.45) is 4.26. The lowest BCUT2D eigenvalue weighted by molar-refractivity contribution is 0.449. The third kappa shape index (κ3) is 3.95. The molecular weight excluding hydrogens is 364 g/mol. The van der Waals surface area contributed by atoms with E-state index in [0.29, 0.717) is 11.4 Å². The lowest BCUT2D eigenvalue weighted by Crippen LogP contribution is -2.15. The Balaban J connectivity index is 1.93. The highest BCUT2D eigenvalue weighted by molar-refractivity contribution is 7.92. The molecule has 0 atom stereocenters. The quantitative estimate of drug-likeness (QED) is 0.670. The van der Waals surface area contributed by atoms with Gasteiger partial charge >= 0.3 is 0 Å². The van der Waals surface area contributed by atoms with Gasteiger partial charge in [0, 0.05) is 11.8 Å². The van der Waals surface area contributed by atoms with Crippen LogP contribution in [0.15, 0.2) is 53.8 Å². The largest absolute Gasteiger partial charge is 0.505 e. The van der Waals surface area contributed by atoms with Crippen LogP contribution >= 0.6 is 0 Å². The Morgan fingerprint density at radius 3 is 2.59 bits per heavy atom. The molecule has 0 radical (unpaired) electrons. The summed E-state index contributed by atoms with van der Waals surface area (Å²) in [7, 11) is -3.92. The number of rotatable bonds is 4. The molecule has 3 aromatic rings. The van der Waals surface area contributed by atoms with Crippen molar-refractivity contribution in [1.82, 2.24) is 14.8 Å². The van der Waals surface area contributed by atoms with Gasteiger partial charge < -0.3 is 5.11 Å². The molecule has 0 saturated carbocycles. The zero-order chi connectivity index (χ0) is 19.8. The number of phenolic OH excluding ortho intramolecular Hbond substituents is 1. The number of aromatic nitrogens is 3. The van der Waals surface area contributed by atoms with Crippen LogP contribution in [0.4, 0.5) is 5.69 Å². The number of hydrogen-bond donors (Lipinski definition) is 2. The normalized spacial score (nSPS) is 12.1. The molecule has 0 saturated heterocycles. The van der Waals surface area contributed by atoms with E-state index in [0.717, 1.165) is 5.56 Å². The standard InChI is InChI=1S/C19H22N4O3S/c1-13-8-9-20-17(10-13)23-12-14(11-21-23)27(25,26)22-16-7-5-6-15(18(16)24)19(2,3)4/h5-12,22,24H,1-4H3. The summed E-state index contributed by atoms with van der Waals surface area (Å²) in [5.41, 5.74) is 1.45. The SMILES string of the molecule is Cc1ccnc(-n2cc(S(=O)(=O)Nc3cccc(C(C)(C)C)c3O)cn2)c1. The predicted octanol–water partition coefficient (Wildman–Crippen LogP) is 3.38. The van der Waals surface area contributed by atoms with Gasteiger partial charge in [-0.2, -0.15) is 5.10 Å². The molecule has 0 spiro atoms. The first kappa shape index (κ1) is 18.9. The molecular formula is C19H22N4O3S. The lowest BCUT2D eigenvalue weighted by atomic mass is 9.86. The molecule has 0 fully saturated rings. The van der Waals surface area contributed by atoms with Crippen LogP contribution in [0.25, 0.3) is 5.82 Å². The number of nitrogens with zero attached hydrogens (tertiary/aromatic N) is 3. The first-order chi connectivity index (χ1) is 12.6. The van der Waals surface area contributed by atoms with Crippen LogP contribution in [0.3, 0.4) is 0 Å². The molecule has 2 N–H and O–H groups in total. The van der Waals surface area contributed by atoms with Gasteiger partial charge in [-0.05, 0) is 36.1 Å². The third-order valence-electron chi connectivity index (χ3n) is 4.09. The summed E-state index contributed by atoms with van der Waals surface area (Å²) >= 11 is 0. The average Bonchev–Trinajstić information content (AvgIpc) is 3.06. The number of aryl methyl sites for hydroxylation is 1. The van der Waals surface area contributed by atoms with E-state index in [1.54, 1.807) is 24.4 Å². The molecule has 8 heteroatoms. The summed E-state index contributed by atoms with van der Waals surface area (Å²) in [4.78, 5) is 4.17. The second-order valence-corrected chi connectivity index (χ2v) is 9.05. The molecule has 142 valence electrons. The van der Waals surface area contributed by atoms with Crippen molar-refractivity contribution in [3.8, 4) is 11.6 Å². The minimum absolute atomic E-state index is 0.0219. The van der Waals surface area contributed by atoms with Gasteiger partial charge in [-0.1, -0.05) is 32.9 Å². The molecule has 2 aromatic heterocycles. The highest BCUT2D eigenvalue weighted by Gasteiger charge is 2.23. The van der Waals surface area contributed by atoms with E-state index in [9.17, 15) is 13.5 Å². The Labute approximate surface area is 158 Å². The van der Waals surface area contributed by atoms with E-state index in [-0.39, 0.29) is 21.7 Å². The Bertz CT molecular complexity index is 1080. The van der Waals surface area contributed by atoms with Crippen molar-refractivity contribution >= 4 is 15.7 Å². The number of phenols is 1. The van der Waals surface area contributed by atoms with Crippen molar-refractivity contribution in [3.63, 3.8) is 0 Å². The van der Waals surface area contributed by atoms with Gasteiger partial charge in [0.15, 0.2) is 5.82 Å². The molecule has 0 amide bonds. The maximum Gasteiger partial charge on any atom is 0.265 e. The maximum absolute atomic E-state index is 12.7. The number of hydrogen-bond acceptors (Lipinski definition) is 5. The summed E-state index contributed by atoms with van der Waals surface area (Å²) in [6.45, 7) is 7.75. The zero-order valence-electron chi connectivity index (χ0n) is 15.6. The second-order valence-electron chi connectivity index (χ2n) is 7.37. The summed E-state index contributed by atoms with van der Waals surface area (Å²) in [6, 6.07) is 8.65. The fourth-order valence-electron chi connectivity index (χ4n) is 2.65. The maximum atomic E-state index is 12.7. The topological polar surface area (TPSA) is 97.1 Å². The van der Waals surface area contributed by atoms with Gasteiger partial charge in [0.25, 0.3) is 10.0 Å². The zero-order valence-corrected chi connectivity index (χ0v) is 16.4. The van der Waals surface area contributed by atoms with E-state index in [1.807, 2.05) is 33.8 Å². The number of para-hydroxylation sites is 1. The number of nitrogens with one attached hydrogen (secondary N) is 1. The molecule has 0 aliphatic heterocycles. The van der Waals surface area contributed by atoms with E-state index in [1.165, 1.54) is 23.1 Å². The fourth-order valence-corrected chi connectivity index (χ4v) is 3.65. The Kier molecular flexibility index (Phi) is 4.69. The van der Waals surface area contributed by atoms with Crippen LogP contribution in [-0.2, 0) is 15.4 Å². The van der Waals surface area contributed by atoms with Crippen LogP contribution < -0.4 is 4.72 Å². The van der Waals surface area contributed by atoms with E-state index in [2.05, 4.69) is 14.8 Å². The van der Waals surface area contributed by atoms with Crippen LogP contribution in [0.2, 0.25) is 0 Å². The van der Waals surface area contributed by atoms with Crippen molar-refractivity contribution in [2.45, 2.75) is 38.0 Å². The van der Waals surface area contributed by atoms with E-state index >= 15 is 0 Å². The van der Waals surface area contributed by atoms with Crippen molar-refractivity contribution in [1.29, 1.82) is 0 Å². The summed E-state index contributed by atoms with van der Waals surface area (Å²) in [5.74, 6) is 0.440. The van der Waals surface area contributed by atoms with Crippen LogP contribution in [0.5, 0.6) is 5.75 Å². The van der Waals surface area contributed by atoms with Gasteiger partial charge in [-0.3, -0.25) is 4.72 Å². The fraction of sp³-hybridized carbons (Fsp3) is 0.263. The van der Waals surface area contributed by atoms with Crippen LogP contribution in [0, 0.1) is 6.92 Å². The highest BCUT2D eigenvalue weighted by atomic mass is 32.2. The van der Waals surface area contributed by atoms with Gasteiger partial charge in [-0.25, -0.2) is 18.1 Å². The van der Waals surface area contributed by atoms with Crippen molar-refractivity contribution in [3.05, 3.63) is 60.0 Å². The minimum Gasteiger partial charge on any atom is -0.505 e. The molecule has 3 rings (SSSR count). The van der Waals surface area contributed by atoms with E-state index in [4.69, 9.17) is 0 Å². The van der Waals surface area contributed by atoms with Crippen molar-refractivity contribution in [2.24, 2.45) is 0 Å². The molecule has 1 aromatic carbocycles. The summed E-state index contributed by atoms with van der Waals surface area (Å²) < 4.78 is 29.3. The number of aromatic hydroxyl groups is 1. The first-order valence-electron chi connectivity index (χ1n) is 8.41. The van der Waals surface area contributed by atoms with Gasteiger partial charge in [0.05, 0.1) is 18.1 Å². The van der Waals surface area contributed by atoms with Crippen LogP contribution in [0.1, 0.15) is 31.9 Å². The Morgan fingerprint density at radius 1 is 1.19 bits per heavy atom. The van der Waals surface area contributed by atoms with Crippen LogP contribution in [-0.4, -0.2) is 28.3 Å². The molecule has 2 heterocycles. The molecule has 0 bridgehead atoms.